The first-order valence-corrected chi connectivity index (χ1v) is 9.30. The van der Waals surface area contributed by atoms with Crippen molar-refractivity contribution >= 4 is 39.6 Å². The number of carboxylic acid groups (broad SMARTS) is 1. The molecule has 0 spiro atoms. The van der Waals surface area contributed by atoms with E-state index in [-0.39, 0.29) is 17.6 Å². The van der Waals surface area contributed by atoms with Crippen LogP contribution in [0.25, 0.3) is 0 Å². The molecule has 2 aliphatic heterocycles. The fourth-order valence-electron chi connectivity index (χ4n) is 3.34. The van der Waals surface area contributed by atoms with E-state index in [1.54, 1.807) is 6.92 Å². The molecule has 8 heteroatoms. The van der Waals surface area contributed by atoms with Crippen molar-refractivity contribution in [1.29, 1.82) is 0 Å². The van der Waals surface area contributed by atoms with Crippen LogP contribution in [0.3, 0.4) is 0 Å². The van der Waals surface area contributed by atoms with Crippen LogP contribution in [-0.2, 0) is 22.4 Å². The van der Waals surface area contributed by atoms with E-state index in [0.29, 0.717) is 17.1 Å². The molecule has 0 aromatic carbocycles. The molecule has 128 valence electrons. The highest BCUT2D eigenvalue weighted by atomic mass is 79.9. The van der Waals surface area contributed by atoms with Crippen LogP contribution >= 0.6 is 27.7 Å². The summed E-state index contributed by atoms with van der Waals surface area (Å²) in [6.07, 6.45) is 3.56. The Morgan fingerprint density at radius 1 is 1.58 bits per heavy atom. The first-order valence-electron chi connectivity index (χ1n) is 7.52. The summed E-state index contributed by atoms with van der Waals surface area (Å²) in [6, 6.07) is 1.70. The zero-order valence-electron chi connectivity index (χ0n) is 13.2. The van der Waals surface area contributed by atoms with Crippen LogP contribution in [0.2, 0.25) is 0 Å². The number of carbonyl (C=O) groups is 2. The van der Waals surface area contributed by atoms with Crippen LogP contribution in [0, 0.1) is 5.92 Å². The van der Waals surface area contributed by atoms with E-state index in [9.17, 15) is 19.8 Å². The van der Waals surface area contributed by atoms with Gasteiger partial charge < -0.3 is 19.9 Å². The lowest BCUT2D eigenvalue weighted by Crippen LogP contribution is -2.62. The second kappa shape index (κ2) is 6.50. The lowest BCUT2D eigenvalue weighted by Gasteiger charge is -2.45. The quantitative estimate of drug-likeness (QED) is 0.546. The van der Waals surface area contributed by atoms with Crippen LogP contribution in [0.4, 0.5) is 0 Å². The van der Waals surface area contributed by atoms with E-state index in [0.717, 1.165) is 10.0 Å². The van der Waals surface area contributed by atoms with Crippen LogP contribution in [0.1, 0.15) is 18.9 Å². The smallest absolute Gasteiger partial charge is 0.235 e. The van der Waals surface area contributed by atoms with Crippen molar-refractivity contribution in [3.63, 3.8) is 0 Å². The lowest BCUT2D eigenvalue weighted by atomic mass is 9.83. The number of aliphatic hydroxyl groups is 1. The SMILES string of the molecule is C[C@@H](O)[C@H]1C(=O)N2C(C(=O)[O-])=C(SCc3cc(Br)c[n+](C)c3)C[C@H]12. The number of aliphatic carboxylic acids is 1. The number of fused-ring (bicyclic) bond motifs is 1. The molecule has 24 heavy (non-hydrogen) atoms. The summed E-state index contributed by atoms with van der Waals surface area (Å²) in [5.41, 5.74) is 1.00. The van der Waals surface area contributed by atoms with Crippen molar-refractivity contribution in [3.8, 4) is 0 Å². The number of nitrogens with zero attached hydrogens (tertiary/aromatic N) is 2. The van der Waals surface area contributed by atoms with Gasteiger partial charge in [-0.3, -0.25) is 4.79 Å². The van der Waals surface area contributed by atoms with Gasteiger partial charge in [-0.15, -0.1) is 11.8 Å². The molecule has 0 bridgehead atoms. The minimum atomic E-state index is -1.34. The topological polar surface area (TPSA) is 84.5 Å². The predicted octanol–water partition coefficient (Wildman–Crippen LogP) is 0.0798. The highest BCUT2D eigenvalue weighted by molar-refractivity contribution is 9.10. The van der Waals surface area contributed by atoms with Gasteiger partial charge in [0.2, 0.25) is 5.91 Å². The van der Waals surface area contributed by atoms with Crippen LogP contribution in [0.15, 0.2) is 33.5 Å². The third-order valence-electron chi connectivity index (χ3n) is 4.31. The Labute approximate surface area is 152 Å². The van der Waals surface area contributed by atoms with Gasteiger partial charge >= 0.3 is 0 Å². The second-order valence-electron chi connectivity index (χ2n) is 6.12. The van der Waals surface area contributed by atoms with Gasteiger partial charge in [0.05, 0.1) is 34.2 Å². The molecule has 6 nitrogen and oxygen atoms in total. The van der Waals surface area contributed by atoms with Crippen molar-refractivity contribution in [2.24, 2.45) is 13.0 Å². The highest BCUT2D eigenvalue weighted by Gasteiger charge is 2.55. The second-order valence-corrected chi connectivity index (χ2v) is 8.11. The number of halogens is 1. The Morgan fingerprint density at radius 2 is 2.29 bits per heavy atom. The van der Waals surface area contributed by atoms with Gasteiger partial charge in [-0.2, -0.15) is 0 Å². The van der Waals surface area contributed by atoms with Crippen LogP contribution < -0.4 is 9.67 Å². The summed E-state index contributed by atoms with van der Waals surface area (Å²) >= 11 is 4.84. The number of hydrogen-bond donors (Lipinski definition) is 1. The van der Waals surface area contributed by atoms with E-state index < -0.39 is 18.0 Å². The molecular weight excluding hydrogens is 396 g/mol. The van der Waals surface area contributed by atoms with Gasteiger partial charge in [0.15, 0.2) is 12.4 Å². The average molecular weight is 413 g/mol. The van der Waals surface area contributed by atoms with E-state index >= 15 is 0 Å². The van der Waals surface area contributed by atoms with Crippen molar-refractivity contribution in [2.45, 2.75) is 31.2 Å². The Morgan fingerprint density at radius 3 is 2.88 bits per heavy atom. The average Bonchev–Trinajstić information content (AvgIpc) is 2.78. The standard InChI is InChI=1S/C16H17BrN2O4S/c1-8(20)13-11-4-12(14(16(22)23)19(11)15(13)21)24-7-9-3-10(17)6-18(2)5-9/h3,5-6,8,11,13,20H,4,7H2,1-2H3/t8-,11-,13-/m1/s1. The zero-order valence-corrected chi connectivity index (χ0v) is 15.6. The number of rotatable bonds is 5. The third kappa shape index (κ3) is 2.98. The summed E-state index contributed by atoms with van der Waals surface area (Å²) in [5, 5.41) is 21.2. The number of thioether (sulfide) groups is 1. The molecule has 0 radical (unpaired) electrons. The van der Waals surface area contributed by atoms with Gasteiger partial charge in [-0.1, -0.05) is 0 Å². The molecule has 3 heterocycles. The fourth-order valence-corrected chi connectivity index (χ4v) is 5.07. The summed E-state index contributed by atoms with van der Waals surface area (Å²) in [5.74, 6) is -1.61. The summed E-state index contributed by atoms with van der Waals surface area (Å²) in [7, 11) is 1.91. The number of β-lactam (4-membered cyclic amide) rings is 1. The normalized spacial score (nSPS) is 24.0. The lowest BCUT2D eigenvalue weighted by molar-refractivity contribution is -0.672. The summed E-state index contributed by atoms with van der Waals surface area (Å²) in [6.45, 7) is 1.56. The van der Waals surface area contributed by atoms with Gasteiger partial charge in [0.1, 0.15) is 7.05 Å². The third-order valence-corrected chi connectivity index (χ3v) is 5.93. The number of hydrogen-bond acceptors (Lipinski definition) is 5. The Balaban J connectivity index is 1.80. The minimum absolute atomic E-state index is 0.0359. The Bertz CT molecular complexity index is 729. The van der Waals surface area contributed by atoms with Crippen LogP contribution in [-0.4, -0.2) is 34.0 Å². The molecule has 1 aromatic rings. The van der Waals surface area contributed by atoms with Crippen molar-refractivity contribution in [2.75, 3.05) is 0 Å². The molecule has 3 atom stereocenters. The Kier molecular flexibility index (Phi) is 4.72. The summed E-state index contributed by atoms with van der Waals surface area (Å²) in [4.78, 5) is 25.5. The number of aliphatic hydroxyl groups excluding tert-OH is 1. The maximum absolute atomic E-state index is 12.1. The van der Waals surface area contributed by atoms with Gasteiger partial charge in [-0.05, 0) is 28.9 Å². The van der Waals surface area contributed by atoms with Crippen molar-refractivity contribution in [3.05, 3.63) is 39.1 Å². The number of carbonyl (C=O) groups excluding carboxylic acids is 2. The number of pyridine rings is 1. The molecule has 1 aromatic heterocycles. The van der Waals surface area contributed by atoms with Crippen molar-refractivity contribution in [1.82, 2.24) is 4.90 Å². The molecule has 0 saturated carbocycles. The number of carboxylic acids is 1. The highest BCUT2D eigenvalue weighted by Crippen LogP contribution is 2.47. The van der Waals surface area contributed by atoms with Crippen molar-refractivity contribution < 1.29 is 24.4 Å². The molecular formula is C16H17BrN2O4S. The number of aromatic nitrogens is 1. The number of aryl methyl sites for hydroxylation is 1. The molecule has 1 fully saturated rings. The molecule has 3 rings (SSSR count). The van der Waals surface area contributed by atoms with E-state index in [4.69, 9.17) is 0 Å². The van der Waals surface area contributed by atoms with Gasteiger partial charge in [0, 0.05) is 22.6 Å². The molecule has 1 amide bonds. The molecule has 0 unspecified atom stereocenters. The maximum Gasteiger partial charge on any atom is 0.235 e. The van der Waals surface area contributed by atoms with E-state index in [2.05, 4.69) is 15.9 Å². The predicted molar refractivity (Wildman–Crippen MR) is 89.1 cm³/mol. The number of amides is 1. The molecule has 1 N–H and O–H groups in total. The first kappa shape index (κ1) is 17.4. The molecule has 2 aliphatic rings. The monoisotopic (exact) mass is 412 g/mol. The van der Waals surface area contributed by atoms with E-state index in [1.807, 2.05) is 30.1 Å². The minimum Gasteiger partial charge on any atom is -0.543 e. The fraction of sp³-hybridized carbons (Fsp3) is 0.438. The van der Waals surface area contributed by atoms with Crippen LogP contribution in [0.5, 0.6) is 0 Å². The maximum atomic E-state index is 12.1. The van der Waals surface area contributed by atoms with Gasteiger partial charge in [-0.25, -0.2) is 4.57 Å². The van der Waals surface area contributed by atoms with Gasteiger partial charge in [0.25, 0.3) is 0 Å². The zero-order chi connectivity index (χ0) is 17.6. The largest absolute Gasteiger partial charge is 0.543 e. The van der Waals surface area contributed by atoms with E-state index in [1.165, 1.54) is 16.7 Å². The first-order chi connectivity index (χ1) is 11.3. The Hall–Kier alpha value is -1.38. The molecule has 0 aliphatic carbocycles. The summed E-state index contributed by atoms with van der Waals surface area (Å²) < 4.78 is 2.86. The molecule has 1 saturated heterocycles.